The SMILES string of the molecule is CCCCCC(C(C(=O)O)c1ccccc1)P(=O)(O)Cc1cccnc1. The van der Waals surface area contributed by atoms with Crippen LogP contribution in [0.3, 0.4) is 0 Å². The standard InChI is InChI=1S/C20H26NO4P/c1-2-3-5-12-18(19(20(22)23)17-10-6-4-7-11-17)26(24,25)15-16-9-8-13-21-14-16/h4,6-11,13-14,18-19H,2-3,5,12,15H2,1H3,(H,22,23)(H,24,25). The molecular formula is C20H26NO4P. The lowest BCUT2D eigenvalue weighted by Crippen LogP contribution is -2.27. The first-order valence-electron chi connectivity index (χ1n) is 8.94. The zero-order valence-electron chi connectivity index (χ0n) is 15.0. The Morgan fingerprint density at radius 1 is 1.15 bits per heavy atom. The number of aromatic nitrogens is 1. The maximum atomic E-state index is 13.3. The molecule has 0 aliphatic heterocycles. The molecule has 0 radical (unpaired) electrons. The van der Waals surface area contributed by atoms with E-state index in [4.69, 9.17) is 0 Å². The predicted molar refractivity (Wildman–Crippen MR) is 103 cm³/mol. The number of carbonyl (C=O) groups is 1. The van der Waals surface area contributed by atoms with Crippen molar-refractivity contribution in [3.05, 3.63) is 66.0 Å². The van der Waals surface area contributed by atoms with Gasteiger partial charge in [-0.3, -0.25) is 14.3 Å². The molecule has 0 saturated heterocycles. The van der Waals surface area contributed by atoms with E-state index in [0.717, 1.165) is 19.3 Å². The number of hydrogen-bond donors (Lipinski definition) is 2. The number of pyridine rings is 1. The summed E-state index contributed by atoms with van der Waals surface area (Å²) in [6, 6.07) is 12.2. The highest BCUT2D eigenvalue weighted by molar-refractivity contribution is 7.58. The summed E-state index contributed by atoms with van der Waals surface area (Å²) in [4.78, 5) is 26.9. The minimum atomic E-state index is -3.76. The quantitative estimate of drug-likeness (QED) is 0.465. The van der Waals surface area contributed by atoms with Crippen LogP contribution in [0, 0.1) is 0 Å². The monoisotopic (exact) mass is 375 g/mol. The second-order valence-corrected chi connectivity index (χ2v) is 9.06. The highest BCUT2D eigenvalue weighted by Gasteiger charge is 2.41. The molecule has 0 fully saturated rings. The van der Waals surface area contributed by atoms with E-state index in [1.165, 1.54) is 0 Å². The van der Waals surface area contributed by atoms with Crippen molar-refractivity contribution in [3.63, 3.8) is 0 Å². The lowest BCUT2D eigenvalue weighted by atomic mass is 9.92. The summed E-state index contributed by atoms with van der Waals surface area (Å²) in [5, 5.41) is 9.84. The lowest BCUT2D eigenvalue weighted by Gasteiger charge is -2.29. The maximum Gasteiger partial charge on any atom is 0.311 e. The van der Waals surface area contributed by atoms with E-state index in [1.807, 2.05) is 6.07 Å². The van der Waals surface area contributed by atoms with Gasteiger partial charge in [-0.15, -0.1) is 0 Å². The van der Waals surface area contributed by atoms with E-state index in [0.29, 0.717) is 17.5 Å². The molecule has 26 heavy (non-hydrogen) atoms. The van der Waals surface area contributed by atoms with E-state index < -0.39 is 24.9 Å². The van der Waals surface area contributed by atoms with Gasteiger partial charge in [-0.05, 0) is 23.6 Å². The minimum absolute atomic E-state index is 0.0613. The topological polar surface area (TPSA) is 87.5 Å². The van der Waals surface area contributed by atoms with E-state index >= 15 is 0 Å². The number of nitrogens with zero attached hydrogens (tertiary/aromatic N) is 1. The molecule has 6 heteroatoms. The zero-order chi connectivity index (χ0) is 19.0. The largest absolute Gasteiger partial charge is 0.481 e. The molecule has 1 aromatic carbocycles. The van der Waals surface area contributed by atoms with Gasteiger partial charge in [0, 0.05) is 12.4 Å². The molecular weight excluding hydrogens is 349 g/mol. The third-order valence-electron chi connectivity index (χ3n) is 4.56. The molecule has 1 heterocycles. The molecule has 1 aromatic heterocycles. The van der Waals surface area contributed by atoms with Gasteiger partial charge in [-0.2, -0.15) is 0 Å². The maximum absolute atomic E-state index is 13.3. The average Bonchev–Trinajstić information content (AvgIpc) is 2.62. The fourth-order valence-electron chi connectivity index (χ4n) is 3.26. The zero-order valence-corrected chi connectivity index (χ0v) is 15.9. The van der Waals surface area contributed by atoms with Crippen molar-refractivity contribution < 1.29 is 19.4 Å². The van der Waals surface area contributed by atoms with Crippen LogP contribution in [0.4, 0.5) is 0 Å². The first-order chi connectivity index (χ1) is 12.5. The van der Waals surface area contributed by atoms with Crippen molar-refractivity contribution in [1.29, 1.82) is 0 Å². The second-order valence-electron chi connectivity index (χ2n) is 6.56. The number of carboxylic acid groups (broad SMARTS) is 1. The Kier molecular flexibility index (Phi) is 7.55. The van der Waals surface area contributed by atoms with Crippen LogP contribution in [-0.4, -0.2) is 26.6 Å². The van der Waals surface area contributed by atoms with Crippen LogP contribution in [0.5, 0.6) is 0 Å². The Labute approximate surface area is 154 Å². The fourth-order valence-corrected chi connectivity index (χ4v) is 5.56. The number of unbranched alkanes of at least 4 members (excludes halogenated alkanes) is 2. The molecule has 0 saturated carbocycles. The van der Waals surface area contributed by atoms with Crippen molar-refractivity contribution in [2.75, 3.05) is 0 Å². The second kappa shape index (κ2) is 9.65. The van der Waals surface area contributed by atoms with Crippen LogP contribution in [0.1, 0.15) is 49.7 Å². The highest BCUT2D eigenvalue weighted by Crippen LogP contribution is 2.56. The highest BCUT2D eigenvalue weighted by atomic mass is 31.2. The van der Waals surface area contributed by atoms with Crippen molar-refractivity contribution in [2.45, 2.75) is 50.3 Å². The van der Waals surface area contributed by atoms with Gasteiger partial charge in [-0.25, -0.2) is 0 Å². The van der Waals surface area contributed by atoms with Crippen molar-refractivity contribution in [2.24, 2.45) is 0 Å². The predicted octanol–water partition coefficient (Wildman–Crippen LogP) is 4.67. The lowest BCUT2D eigenvalue weighted by molar-refractivity contribution is -0.139. The fraction of sp³-hybridized carbons (Fsp3) is 0.400. The number of carboxylic acids is 1. The molecule has 2 aromatic rings. The molecule has 2 N–H and O–H groups in total. The molecule has 0 amide bonds. The van der Waals surface area contributed by atoms with Gasteiger partial charge in [0.2, 0.25) is 7.37 Å². The molecule has 2 rings (SSSR count). The van der Waals surface area contributed by atoms with E-state index in [2.05, 4.69) is 11.9 Å². The van der Waals surface area contributed by atoms with Gasteiger partial charge in [0.1, 0.15) is 0 Å². The first kappa shape index (κ1) is 20.3. The Balaban J connectivity index is 2.36. The number of hydrogen-bond acceptors (Lipinski definition) is 3. The summed E-state index contributed by atoms with van der Waals surface area (Å²) < 4.78 is 13.3. The smallest absolute Gasteiger partial charge is 0.311 e. The molecule has 0 aliphatic carbocycles. The molecule has 3 atom stereocenters. The van der Waals surface area contributed by atoms with Crippen molar-refractivity contribution in [3.8, 4) is 0 Å². The summed E-state index contributed by atoms with van der Waals surface area (Å²) in [6.45, 7) is 2.05. The molecule has 0 aliphatic rings. The van der Waals surface area contributed by atoms with Gasteiger partial charge in [0.25, 0.3) is 0 Å². The van der Waals surface area contributed by atoms with Crippen molar-refractivity contribution >= 4 is 13.3 Å². The molecule has 3 unspecified atom stereocenters. The number of benzene rings is 1. The number of aliphatic carboxylic acids is 1. The normalized spacial score (nSPS) is 15.8. The van der Waals surface area contributed by atoms with Gasteiger partial charge < -0.3 is 10.00 Å². The average molecular weight is 375 g/mol. The third kappa shape index (κ3) is 5.52. The van der Waals surface area contributed by atoms with Crippen LogP contribution >= 0.6 is 7.37 Å². The summed E-state index contributed by atoms with van der Waals surface area (Å²) in [7, 11) is -3.76. The Morgan fingerprint density at radius 3 is 2.46 bits per heavy atom. The Bertz CT molecular complexity index is 736. The summed E-state index contributed by atoms with van der Waals surface area (Å²) >= 11 is 0. The number of rotatable bonds is 10. The van der Waals surface area contributed by atoms with Crippen LogP contribution in [-0.2, 0) is 15.5 Å². The summed E-state index contributed by atoms with van der Waals surface area (Å²) in [5.74, 6) is -2.06. The minimum Gasteiger partial charge on any atom is -0.481 e. The van der Waals surface area contributed by atoms with E-state index in [9.17, 15) is 19.4 Å². The first-order valence-corrected chi connectivity index (χ1v) is 10.8. The summed E-state index contributed by atoms with van der Waals surface area (Å²) in [6.07, 6.45) is 6.12. The van der Waals surface area contributed by atoms with Crippen LogP contribution in [0.25, 0.3) is 0 Å². The van der Waals surface area contributed by atoms with Gasteiger partial charge in [0.05, 0.1) is 17.7 Å². The molecule has 5 nitrogen and oxygen atoms in total. The third-order valence-corrected chi connectivity index (χ3v) is 6.97. The Hall–Kier alpha value is -1.97. The molecule has 0 spiro atoms. The van der Waals surface area contributed by atoms with Crippen LogP contribution in [0.2, 0.25) is 0 Å². The van der Waals surface area contributed by atoms with Gasteiger partial charge in [0.15, 0.2) is 0 Å². The van der Waals surface area contributed by atoms with Crippen molar-refractivity contribution in [1.82, 2.24) is 4.98 Å². The van der Waals surface area contributed by atoms with Crippen LogP contribution < -0.4 is 0 Å². The van der Waals surface area contributed by atoms with E-state index in [-0.39, 0.29) is 6.16 Å². The molecule has 0 bridgehead atoms. The summed E-state index contributed by atoms with van der Waals surface area (Å²) in [5.41, 5.74) is 0.396. The van der Waals surface area contributed by atoms with E-state index in [1.54, 1.807) is 48.8 Å². The van der Waals surface area contributed by atoms with Gasteiger partial charge >= 0.3 is 5.97 Å². The van der Waals surface area contributed by atoms with Crippen LogP contribution in [0.15, 0.2) is 54.9 Å². The Morgan fingerprint density at radius 2 is 1.88 bits per heavy atom. The van der Waals surface area contributed by atoms with Gasteiger partial charge in [-0.1, -0.05) is 62.6 Å². The molecule has 140 valence electrons.